The lowest BCUT2D eigenvalue weighted by molar-refractivity contribution is -0.117. The predicted octanol–water partition coefficient (Wildman–Crippen LogP) is 1.63. The van der Waals surface area contributed by atoms with Gasteiger partial charge in [-0.05, 0) is 51.0 Å². The number of anilines is 1. The number of amides is 1. The summed E-state index contributed by atoms with van der Waals surface area (Å²) in [6.45, 7) is 1.49. The number of aryl methyl sites for hydroxylation is 1. The van der Waals surface area contributed by atoms with Crippen LogP contribution in [-0.4, -0.2) is 32.1 Å². The highest BCUT2D eigenvalue weighted by Gasteiger charge is 2.34. The van der Waals surface area contributed by atoms with Crippen LogP contribution in [-0.2, 0) is 27.7 Å². The SMILES string of the molecule is CC(O)CNS(=O)(=O)c1c(NC(=O)C2CC2)sc2c1CCCC2. The quantitative estimate of drug-likeness (QED) is 0.720. The van der Waals surface area contributed by atoms with Crippen molar-refractivity contribution in [2.24, 2.45) is 5.92 Å². The standard InChI is InChI=1S/C15H22N2O4S2/c1-9(18)8-16-23(20,21)13-11-4-2-3-5-12(11)22-15(13)17-14(19)10-6-7-10/h9-10,16,18H,2-8H2,1H3,(H,17,19). The van der Waals surface area contributed by atoms with Crippen molar-refractivity contribution in [3.8, 4) is 0 Å². The zero-order chi connectivity index (χ0) is 16.6. The van der Waals surface area contributed by atoms with E-state index < -0.39 is 16.1 Å². The van der Waals surface area contributed by atoms with Crippen LogP contribution in [0.25, 0.3) is 0 Å². The molecule has 0 radical (unpaired) electrons. The third-order valence-corrected chi connectivity index (χ3v) is 7.02. The summed E-state index contributed by atoms with van der Waals surface area (Å²) in [5.74, 6) is -0.0642. The summed E-state index contributed by atoms with van der Waals surface area (Å²) in [5, 5.41) is 12.6. The Morgan fingerprint density at radius 2 is 2.04 bits per heavy atom. The van der Waals surface area contributed by atoms with E-state index in [2.05, 4.69) is 10.0 Å². The van der Waals surface area contributed by atoms with Gasteiger partial charge in [-0.2, -0.15) is 0 Å². The van der Waals surface area contributed by atoms with E-state index in [0.717, 1.165) is 49.0 Å². The van der Waals surface area contributed by atoms with Gasteiger partial charge in [-0.1, -0.05) is 0 Å². The van der Waals surface area contributed by atoms with Crippen molar-refractivity contribution in [1.29, 1.82) is 0 Å². The second-order valence-electron chi connectivity index (χ2n) is 6.33. The van der Waals surface area contributed by atoms with Gasteiger partial charge in [-0.3, -0.25) is 4.79 Å². The molecule has 0 spiro atoms. The van der Waals surface area contributed by atoms with Gasteiger partial charge in [-0.15, -0.1) is 11.3 Å². The predicted molar refractivity (Wildman–Crippen MR) is 89.2 cm³/mol. The Bertz CT molecular complexity index is 705. The monoisotopic (exact) mass is 358 g/mol. The minimum absolute atomic E-state index is 0.0232. The fourth-order valence-electron chi connectivity index (χ4n) is 2.77. The van der Waals surface area contributed by atoms with Crippen LogP contribution in [0.3, 0.4) is 0 Å². The minimum Gasteiger partial charge on any atom is -0.392 e. The van der Waals surface area contributed by atoms with E-state index in [1.54, 1.807) is 0 Å². The molecule has 8 heteroatoms. The first-order valence-corrected chi connectivity index (χ1v) is 10.3. The van der Waals surface area contributed by atoms with E-state index in [-0.39, 0.29) is 23.3 Å². The smallest absolute Gasteiger partial charge is 0.243 e. The molecule has 2 aliphatic rings. The van der Waals surface area contributed by atoms with Crippen LogP contribution in [0, 0.1) is 5.92 Å². The van der Waals surface area contributed by atoms with Gasteiger partial charge >= 0.3 is 0 Å². The molecule has 1 unspecified atom stereocenters. The summed E-state index contributed by atoms with van der Waals surface area (Å²) in [4.78, 5) is 13.3. The summed E-state index contributed by atoms with van der Waals surface area (Å²) in [6.07, 6.45) is 4.57. The fraction of sp³-hybridized carbons (Fsp3) is 0.667. The molecular weight excluding hydrogens is 336 g/mol. The average molecular weight is 358 g/mol. The number of hydrogen-bond acceptors (Lipinski definition) is 5. The maximum atomic E-state index is 12.7. The van der Waals surface area contributed by atoms with Crippen LogP contribution in [0.1, 0.15) is 43.0 Å². The van der Waals surface area contributed by atoms with Gasteiger partial charge in [0.15, 0.2) is 0 Å². The van der Waals surface area contributed by atoms with Crippen molar-refractivity contribution < 1.29 is 18.3 Å². The Morgan fingerprint density at radius 1 is 1.35 bits per heavy atom. The molecule has 6 nitrogen and oxygen atoms in total. The third kappa shape index (κ3) is 3.76. The molecular formula is C15H22N2O4S2. The second kappa shape index (κ2) is 6.51. The second-order valence-corrected chi connectivity index (χ2v) is 9.14. The van der Waals surface area contributed by atoms with Gasteiger partial charge in [0.2, 0.25) is 15.9 Å². The number of fused-ring (bicyclic) bond motifs is 1. The maximum Gasteiger partial charge on any atom is 0.243 e. The molecule has 2 aliphatic carbocycles. The number of rotatable bonds is 6. The number of hydrogen-bond donors (Lipinski definition) is 3. The lowest BCUT2D eigenvalue weighted by Gasteiger charge is -2.14. The Hall–Kier alpha value is -0.960. The van der Waals surface area contributed by atoms with Crippen molar-refractivity contribution in [2.45, 2.75) is 56.4 Å². The molecule has 1 aromatic rings. The molecule has 128 valence electrons. The molecule has 3 rings (SSSR count). The summed E-state index contributed by atoms with van der Waals surface area (Å²) in [6, 6.07) is 0. The molecule has 0 aliphatic heterocycles. The molecule has 1 atom stereocenters. The van der Waals surface area contributed by atoms with E-state index in [1.807, 2.05) is 0 Å². The molecule has 1 heterocycles. The van der Waals surface area contributed by atoms with Crippen LogP contribution in [0.15, 0.2) is 4.90 Å². The lowest BCUT2D eigenvalue weighted by Crippen LogP contribution is -2.31. The van der Waals surface area contributed by atoms with Gasteiger partial charge < -0.3 is 10.4 Å². The molecule has 23 heavy (non-hydrogen) atoms. The number of aliphatic hydroxyl groups is 1. The van der Waals surface area contributed by atoms with Gasteiger partial charge in [0, 0.05) is 17.3 Å². The van der Waals surface area contributed by atoms with Gasteiger partial charge in [0.1, 0.15) is 9.90 Å². The van der Waals surface area contributed by atoms with Crippen molar-refractivity contribution in [3.05, 3.63) is 10.4 Å². The molecule has 1 fully saturated rings. The maximum absolute atomic E-state index is 12.7. The average Bonchev–Trinajstić information content (AvgIpc) is 3.26. The summed E-state index contributed by atoms with van der Waals surface area (Å²) >= 11 is 1.38. The number of sulfonamides is 1. The number of thiophene rings is 1. The summed E-state index contributed by atoms with van der Waals surface area (Å²) in [7, 11) is -3.75. The highest BCUT2D eigenvalue weighted by molar-refractivity contribution is 7.90. The molecule has 1 amide bonds. The van der Waals surface area contributed by atoms with Crippen LogP contribution >= 0.6 is 11.3 Å². The summed E-state index contributed by atoms with van der Waals surface area (Å²) in [5.41, 5.74) is 0.838. The first-order valence-electron chi connectivity index (χ1n) is 8.01. The summed E-state index contributed by atoms with van der Waals surface area (Å²) < 4.78 is 27.8. The van der Waals surface area contributed by atoms with E-state index in [0.29, 0.717) is 5.00 Å². The largest absolute Gasteiger partial charge is 0.392 e. The number of nitrogens with one attached hydrogen (secondary N) is 2. The normalized spacial score (nSPS) is 19.2. The van der Waals surface area contributed by atoms with E-state index in [4.69, 9.17) is 0 Å². The van der Waals surface area contributed by atoms with E-state index >= 15 is 0 Å². The highest BCUT2D eigenvalue weighted by Crippen LogP contribution is 2.42. The van der Waals surface area contributed by atoms with Crippen molar-refractivity contribution in [3.63, 3.8) is 0 Å². The fourth-order valence-corrected chi connectivity index (χ4v) is 5.92. The van der Waals surface area contributed by atoms with Crippen LogP contribution in [0.2, 0.25) is 0 Å². The molecule has 3 N–H and O–H groups in total. The number of carbonyl (C=O) groups excluding carboxylic acids is 1. The van der Waals surface area contributed by atoms with Crippen LogP contribution < -0.4 is 10.0 Å². The highest BCUT2D eigenvalue weighted by atomic mass is 32.2. The number of aliphatic hydroxyl groups excluding tert-OH is 1. The Balaban J connectivity index is 1.94. The van der Waals surface area contributed by atoms with Crippen LogP contribution in [0.5, 0.6) is 0 Å². The van der Waals surface area contributed by atoms with Gasteiger partial charge in [0.05, 0.1) is 6.10 Å². The molecule has 0 bridgehead atoms. The molecule has 0 aromatic carbocycles. The zero-order valence-corrected chi connectivity index (χ0v) is 14.7. The van der Waals surface area contributed by atoms with Gasteiger partial charge in [-0.25, -0.2) is 13.1 Å². The lowest BCUT2D eigenvalue weighted by atomic mass is 9.99. The van der Waals surface area contributed by atoms with Crippen molar-refractivity contribution in [2.75, 3.05) is 11.9 Å². The van der Waals surface area contributed by atoms with Crippen molar-refractivity contribution in [1.82, 2.24) is 4.72 Å². The Morgan fingerprint density at radius 3 is 2.70 bits per heavy atom. The Kier molecular flexibility index (Phi) is 4.78. The minimum atomic E-state index is -3.75. The molecule has 1 saturated carbocycles. The Labute approximate surface area is 140 Å². The first-order chi connectivity index (χ1) is 10.9. The zero-order valence-electron chi connectivity index (χ0n) is 13.1. The molecule has 0 saturated heterocycles. The van der Waals surface area contributed by atoms with Gasteiger partial charge in [0.25, 0.3) is 0 Å². The van der Waals surface area contributed by atoms with E-state index in [1.165, 1.54) is 18.3 Å². The van der Waals surface area contributed by atoms with Crippen molar-refractivity contribution >= 4 is 32.3 Å². The molecule has 1 aromatic heterocycles. The third-order valence-electron chi connectivity index (χ3n) is 4.15. The van der Waals surface area contributed by atoms with Crippen LogP contribution in [0.4, 0.5) is 5.00 Å². The number of carbonyl (C=O) groups is 1. The topological polar surface area (TPSA) is 95.5 Å². The van der Waals surface area contributed by atoms with E-state index in [9.17, 15) is 18.3 Å². The first kappa shape index (κ1) is 16.9.